The molecule has 2 nitrogen and oxygen atoms in total. The van der Waals surface area contributed by atoms with Crippen LogP contribution in [-0.4, -0.2) is 0 Å². The van der Waals surface area contributed by atoms with Gasteiger partial charge in [0.25, 0.3) is 0 Å². The molecule has 0 saturated heterocycles. The van der Waals surface area contributed by atoms with Gasteiger partial charge in [-0.3, -0.25) is 4.79 Å². The minimum atomic E-state index is -0.474. The Kier molecular flexibility index (Phi) is 5.73. The molecule has 0 aliphatic heterocycles. The summed E-state index contributed by atoms with van der Waals surface area (Å²) in [5.74, 6) is -0.474. The third-order valence-corrected chi connectivity index (χ3v) is 2.46. The van der Waals surface area contributed by atoms with E-state index >= 15 is 0 Å². The van der Waals surface area contributed by atoms with Crippen molar-refractivity contribution < 1.29 is 63.3 Å². The van der Waals surface area contributed by atoms with Gasteiger partial charge in [0.2, 0.25) is 0 Å². The Balaban J connectivity index is 0.00000144. The molecule has 0 N–H and O–H groups in total. The quantitative estimate of drug-likeness (QED) is 0.684. The average Bonchev–Trinajstić information content (AvgIpc) is 2.44. The third kappa shape index (κ3) is 3.85. The first kappa shape index (κ1) is 14.8. The van der Waals surface area contributed by atoms with Crippen molar-refractivity contribution in [3.8, 4) is 16.9 Å². The molecule has 0 bridgehead atoms. The van der Waals surface area contributed by atoms with Gasteiger partial charge in [-0.05, 0) is 24.1 Å². The predicted molar refractivity (Wildman–Crippen MR) is 62.3 cm³/mol. The van der Waals surface area contributed by atoms with Crippen molar-refractivity contribution in [2.45, 2.75) is 6.92 Å². The predicted octanol–water partition coefficient (Wildman–Crippen LogP) is -0.900. The molecule has 0 spiro atoms. The molecule has 0 heterocycles. The zero-order valence-electron chi connectivity index (χ0n) is 9.94. The first-order valence-corrected chi connectivity index (χ1v) is 5.05. The molecule has 2 rings (SSSR count). The molecular weight excluding hydrogens is 286 g/mol. The zero-order valence-corrected chi connectivity index (χ0v) is 14.9. The van der Waals surface area contributed by atoms with Gasteiger partial charge in [0.1, 0.15) is 0 Å². The van der Waals surface area contributed by atoms with E-state index in [9.17, 15) is 9.90 Å². The van der Waals surface area contributed by atoms with Gasteiger partial charge in [-0.1, -0.05) is 53.8 Å². The average molecular weight is 297 g/mol. The van der Waals surface area contributed by atoms with Gasteiger partial charge in [-0.25, -0.2) is 0 Å². The molecule has 17 heavy (non-hydrogen) atoms. The summed E-state index contributed by atoms with van der Waals surface area (Å²) in [7, 11) is 0. The number of rotatable bonds is 1. The zero-order chi connectivity index (χ0) is 11.5. The summed E-state index contributed by atoms with van der Waals surface area (Å²) < 4.78 is 0. The summed E-state index contributed by atoms with van der Waals surface area (Å²) in [6.45, 7) is 2.01. The summed E-state index contributed by atoms with van der Waals surface area (Å²) in [4.78, 5) is 11.1. The van der Waals surface area contributed by atoms with E-state index in [1.54, 1.807) is 12.1 Å². The van der Waals surface area contributed by atoms with E-state index in [0.29, 0.717) is 0 Å². The SMILES string of the molecule is Cc1ccc(-c2ccc([O-])c(=O)cc2)cc1.[Rb+]. The van der Waals surface area contributed by atoms with Gasteiger partial charge < -0.3 is 5.11 Å². The van der Waals surface area contributed by atoms with Gasteiger partial charge >= 0.3 is 58.2 Å². The molecule has 2 aromatic rings. The van der Waals surface area contributed by atoms with Crippen LogP contribution in [0, 0.1) is 6.92 Å². The van der Waals surface area contributed by atoms with Crippen LogP contribution in [0.15, 0.2) is 53.3 Å². The van der Waals surface area contributed by atoms with E-state index in [1.165, 1.54) is 17.7 Å². The fourth-order valence-corrected chi connectivity index (χ4v) is 1.49. The van der Waals surface area contributed by atoms with E-state index < -0.39 is 11.2 Å². The second-order valence-electron chi connectivity index (χ2n) is 3.72. The van der Waals surface area contributed by atoms with E-state index in [1.807, 2.05) is 31.2 Å². The minimum absolute atomic E-state index is 0. The van der Waals surface area contributed by atoms with Crippen LogP contribution in [0.1, 0.15) is 5.56 Å². The van der Waals surface area contributed by atoms with Crippen molar-refractivity contribution in [1.29, 1.82) is 0 Å². The van der Waals surface area contributed by atoms with Crippen LogP contribution in [-0.2, 0) is 0 Å². The molecular formula is C14H11O2Rb. The molecule has 0 atom stereocenters. The van der Waals surface area contributed by atoms with Gasteiger partial charge in [0, 0.05) is 0 Å². The molecule has 80 valence electrons. The van der Waals surface area contributed by atoms with Crippen molar-refractivity contribution in [1.82, 2.24) is 0 Å². The van der Waals surface area contributed by atoms with Gasteiger partial charge in [-0.2, -0.15) is 0 Å². The fourth-order valence-electron chi connectivity index (χ4n) is 1.49. The molecule has 0 saturated carbocycles. The summed E-state index contributed by atoms with van der Waals surface area (Å²) in [5, 5.41) is 11.1. The van der Waals surface area contributed by atoms with E-state index in [-0.39, 0.29) is 58.2 Å². The van der Waals surface area contributed by atoms with Crippen LogP contribution in [0.5, 0.6) is 5.75 Å². The Hall–Kier alpha value is -0.285. The van der Waals surface area contributed by atoms with Crippen LogP contribution in [0.3, 0.4) is 0 Å². The first-order chi connectivity index (χ1) is 7.66. The van der Waals surface area contributed by atoms with Crippen molar-refractivity contribution in [3.05, 3.63) is 64.3 Å². The third-order valence-electron chi connectivity index (χ3n) is 2.46. The Bertz CT molecular complexity index is 562. The maximum Gasteiger partial charge on any atom is 1.00 e. The Morgan fingerprint density at radius 3 is 1.88 bits per heavy atom. The Morgan fingerprint density at radius 1 is 0.824 bits per heavy atom. The van der Waals surface area contributed by atoms with E-state index in [0.717, 1.165) is 11.1 Å². The maximum atomic E-state index is 11.1. The summed E-state index contributed by atoms with van der Waals surface area (Å²) >= 11 is 0. The second-order valence-corrected chi connectivity index (χ2v) is 3.72. The van der Waals surface area contributed by atoms with E-state index in [2.05, 4.69) is 0 Å². The number of hydrogen-bond donors (Lipinski definition) is 0. The molecule has 0 unspecified atom stereocenters. The standard InChI is InChI=1S/C14H12O2.Rb/c1-10-2-4-11(5-3-10)12-6-8-13(15)14(16)9-7-12;/h2-9H,1H3,(H,15,16);/q;+1/p-1. The molecule has 0 aromatic heterocycles. The smallest absolute Gasteiger partial charge is 0.870 e. The normalized spacial score (nSPS) is 9.47. The minimum Gasteiger partial charge on any atom is -0.870 e. The summed E-state index contributed by atoms with van der Waals surface area (Å²) in [6, 6.07) is 13.9. The number of hydrogen-bond acceptors (Lipinski definition) is 2. The molecule has 3 heteroatoms. The summed E-state index contributed by atoms with van der Waals surface area (Å²) in [6.07, 6.45) is 0. The monoisotopic (exact) mass is 296 g/mol. The molecule has 0 radical (unpaired) electrons. The van der Waals surface area contributed by atoms with Gasteiger partial charge in [0.15, 0.2) is 5.43 Å². The Labute approximate surface area is 149 Å². The molecule has 0 fully saturated rings. The molecule has 0 aliphatic carbocycles. The van der Waals surface area contributed by atoms with Crippen molar-refractivity contribution in [2.75, 3.05) is 0 Å². The van der Waals surface area contributed by atoms with Crippen LogP contribution in [0.4, 0.5) is 0 Å². The van der Waals surface area contributed by atoms with Crippen LogP contribution >= 0.6 is 0 Å². The summed E-state index contributed by atoms with van der Waals surface area (Å²) in [5.41, 5.74) is 2.58. The van der Waals surface area contributed by atoms with Crippen molar-refractivity contribution in [3.63, 3.8) is 0 Å². The number of aryl methyl sites for hydroxylation is 1. The number of benzene rings is 1. The van der Waals surface area contributed by atoms with E-state index in [4.69, 9.17) is 0 Å². The molecule has 0 amide bonds. The largest absolute Gasteiger partial charge is 1.00 e. The van der Waals surface area contributed by atoms with Crippen LogP contribution < -0.4 is 68.7 Å². The van der Waals surface area contributed by atoms with Gasteiger partial charge in [0.05, 0.1) is 0 Å². The van der Waals surface area contributed by atoms with Crippen molar-refractivity contribution in [2.24, 2.45) is 0 Å². The van der Waals surface area contributed by atoms with Crippen LogP contribution in [0.2, 0.25) is 0 Å². The van der Waals surface area contributed by atoms with Gasteiger partial charge in [-0.15, -0.1) is 0 Å². The molecule has 0 aliphatic rings. The second kappa shape index (κ2) is 6.60. The maximum absolute atomic E-state index is 11.1. The topological polar surface area (TPSA) is 40.1 Å². The first-order valence-electron chi connectivity index (χ1n) is 5.05. The van der Waals surface area contributed by atoms with Crippen LogP contribution in [0.25, 0.3) is 11.1 Å². The van der Waals surface area contributed by atoms with Crippen molar-refractivity contribution >= 4 is 0 Å². The fraction of sp³-hybridized carbons (Fsp3) is 0.0714. The molecule has 2 aromatic carbocycles. The Morgan fingerprint density at radius 2 is 1.29 bits per heavy atom.